The molecule has 1 amide bonds. The molecule has 0 heterocycles. The van der Waals surface area contributed by atoms with Crippen molar-refractivity contribution in [1.82, 2.24) is 5.32 Å². The van der Waals surface area contributed by atoms with Crippen molar-refractivity contribution in [3.05, 3.63) is 59.7 Å². The molecule has 3 rings (SSSR count). The minimum absolute atomic E-state index is 0.132. The first-order valence-corrected chi connectivity index (χ1v) is 8.25. The van der Waals surface area contributed by atoms with Crippen LogP contribution >= 0.6 is 0 Å². The van der Waals surface area contributed by atoms with Crippen LogP contribution in [0.5, 0.6) is 0 Å². The lowest BCUT2D eigenvalue weighted by Gasteiger charge is -2.16. The van der Waals surface area contributed by atoms with E-state index in [1.165, 1.54) is 0 Å². The molecule has 4 heteroatoms. The molecule has 24 heavy (non-hydrogen) atoms. The zero-order valence-corrected chi connectivity index (χ0v) is 13.4. The Morgan fingerprint density at radius 2 is 1.83 bits per heavy atom. The average molecular weight is 320 g/mol. The molecule has 0 bridgehead atoms. The fourth-order valence-corrected chi connectivity index (χ4v) is 3.31. The zero-order chi connectivity index (χ0) is 16.9. The Morgan fingerprint density at radius 1 is 1.12 bits per heavy atom. The summed E-state index contributed by atoms with van der Waals surface area (Å²) < 4.78 is 0. The van der Waals surface area contributed by atoms with Gasteiger partial charge in [0, 0.05) is 23.6 Å². The van der Waals surface area contributed by atoms with E-state index >= 15 is 0 Å². The Balaban J connectivity index is 1.84. The molecule has 0 aromatic heterocycles. The van der Waals surface area contributed by atoms with Crippen molar-refractivity contribution in [3.63, 3.8) is 0 Å². The van der Waals surface area contributed by atoms with Gasteiger partial charge in [0.25, 0.3) is 5.91 Å². The molecule has 2 aromatic rings. The van der Waals surface area contributed by atoms with Gasteiger partial charge in [-0.05, 0) is 30.5 Å². The van der Waals surface area contributed by atoms with E-state index in [2.05, 4.69) is 11.4 Å². The van der Waals surface area contributed by atoms with E-state index in [1.807, 2.05) is 36.4 Å². The highest BCUT2D eigenvalue weighted by atomic mass is 16.3. The lowest BCUT2D eigenvalue weighted by atomic mass is 9.95. The molecule has 2 unspecified atom stereocenters. The van der Waals surface area contributed by atoms with Gasteiger partial charge in [-0.3, -0.25) is 4.79 Å². The van der Waals surface area contributed by atoms with Gasteiger partial charge < -0.3 is 10.4 Å². The number of amides is 1. The average Bonchev–Trinajstić information content (AvgIpc) is 3.04. The summed E-state index contributed by atoms with van der Waals surface area (Å²) in [7, 11) is 0. The van der Waals surface area contributed by atoms with Crippen LogP contribution in [0, 0.1) is 17.2 Å². The first-order chi connectivity index (χ1) is 11.7. The van der Waals surface area contributed by atoms with E-state index in [-0.39, 0.29) is 17.9 Å². The minimum atomic E-state index is -0.320. The molecule has 0 radical (unpaired) electrons. The number of nitrogens with one attached hydrogen (secondary N) is 1. The standard InChI is InChI=1S/C20H20N2O2/c21-12-14-6-1-2-8-16(14)17-9-3-4-10-18(17)20(24)22-13-15-7-5-11-19(15)23/h1-4,6,8-10,15,19,23H,5,7,11,13H2,(H,22,24). The molecule has 2 atom stereocenters. The second-order valence-electron chi connectivity index (χ2n) is 6.17. The number of benzene rings is 2. The van der Waals surface area contributed by atoms with Crippen LogP contribution in [0.25, 0.3) is 11.1 Å². The van der Waals surface area contributed by atoms with Gasteiger partial charge in [0.15, 0.2) is 0 Å². The summed E-state index contributed by atoms with van der Waals surface area (Å²) >= 11 is 0. The number of nitrogens with zero attached hydrogens (tertiary/aromatic N) is 1. The maximum absolute atomic E-state index is 12.6. The maximum atomic E-state index is 12.6. The fourth-order valence-electron chi connectivity index (χ4n) is 3.31. The molecular weight excluding hydrogens is 300 g/mol. The van der Waals surface area contributed by atoms with Crippen LogP contribution in [-0.2, 0) is 0 Å². The Bertz CT molecular complexity index is 779. The van der Waals surface area contributed by atoms with Gasteiger partial charge in [0.2, 0.25) is 0 Å². The molecule has 0 saturated heterocycles. The second-order valence-corrected chi connectivity index (χ2v) is 6.17. The minimum Gasteiger partial charge on any atom is -0.393 e. The van der Waals surface area contributed by atoms with Gasteiger partial charge in [0.1, 0.15) is 0 Å². The number of carbonyl (C=O) groups excluding carboxylic acids is 1. The predicted octanol–water partition coefficient (Wildman–Crippen LogP) is 3.12. The highest BCUT2D eigenvalue weighted by molar-refractivity contribution is 6.01. The highest BCUT2D eigenvalue weighted by Gasteiger charge is 2.25. The van der Waals surface area contributed by atoms with Crippen LogP contribution in [0.1, 0.15) is 35.2 Å². The van der Waals surface area contributed by atoms with Gasteiger partial charge in [-0.2, -0.15) is 5.26 Å². The van der Waals surface area contributed by atoms with Crippen molar-refractivity contribution in [1.29, 1.82) is 5.26 Å². The van der Waals surface area contributed by atoms with E-state index in [0.29, 0.717) is 17.7 Å². The summed E-state index contributed by atoms with van der Waals surface area (Å²) in [6.07, 6.45) is 2.45. The molecule has 2 aromatic carbocycles. The van der Waals surface area contributed by atoms with E-state index < -0.39 is 0 Å². The van der Waals surface area contributed by atoms with Crippen LogP contribution < -0.4 is 5.32 Å². The SMILES string of the molecule is N#Cc1ccccc1-c1ccccc1C(=O)NCC1CCCC1O. The monoisotopic (exact) mass is 320 g/mol. The van der Waals surface area contributed by atoms with Crippen molar-refractivity contribution >= 4 is 5.91 Å². The van der Waals surface area contributed by atoms with Crippen molar-refractivity contribution in [2.24, 2.45) is 5.92 Å². The fraction of sp³-hybridized carbons (Fsp3) is 0.300. The third kappa shape index (κ3) is 3.32. The predicted molar refractivity (Wildman–Crippen MR) is 92.3 cm³/mol. The molecule has 0 spiro atoms. The second kappa shape index (κ2) is 7.29. The highest BCUT2D eigenvalue weighted by Crippen LogP contribution is 2.28. The van der Waals surface area contributed by atoms with Crippen LogP contribution in [-0.4, -0.2) is 23.7 Å². The number of rotatable bonds is 4. The molecule has 122 valence electrons. The first-order valence-electron chi connectivity index (χ1n) is 8.25. The summed E-state index contributed by atoms with van der Waals surface area (Å²) in [5.74, 6) is -0.0371. The number of aliphatic hydroxyl groups is 1. The molecule has 4 nitrogen and oxygen atoms in total. The third-order valence-electron chi connectivity index (χ3n) is 4.65. The lowest BCUT2D eigenvalue weighted by Crippen LogP contribution is -2.32. The number of nitriles is 1. The molecule has 1 aliphatic rings. The molecule has 2 N–H and O–H groups in total. The zero-order valence-electron chi connectivity index (χ0n) is 13.4. The molecule has 1 fully saturated rings. The topological polar surface area (TPSA) is 73.1 Å². The first kappa shape index (κ1) is 16.2. The smallest absolute Gasteiger partial charge is 0.251 e. The van der Waals surface area contributed by atoms with Crippen LogP contribution in [0.15, 0.2) is 48.5 Å². The van der Waals surface area contributed by atoms with E-state index in [0.717, 1.165) is 30.4 Å². The molecule has 1 aliphatic carbocycles. The van der Waals surface area contributed by atoms with Crippen molar-refractivity contribution in [2.45, 2.75) is 25.4 Å². The normalized spacial score (nSPS) is 19.7. The Labute approximate surface area is 141 Å². The summed E-state index contributed by atoms with van der Waals surface area (Å²) in [5, 5.41) is 22.1. The quantitative estimate of drug-likeness (QED) is 0.909. The number of hydrogen-bond acceptors (Lipinski definition) is 3. The molecular formula is C20H20N2O2. The van der Waals surface area contributed by atoms with Crippen molar-refractivity contribution in [3.8, 4) is 17.2 Å². The molecule has 0 aliphatic heterocycles. The Hall–Kier alpha value is -2.64. The van der Waals surface area contributed by atoms with Gasteiger partial charge >= 0.3 is 0 Å². The van der Waals surface area contributed by atoms with E-state index in [1.54, 1.807) is 12.1 Å². The summed E-state index contributed by atoms with van der Waals surface area (Å²) in [4.78, 5) is 12.6. The van der Waals surface area contributed by atoms with Crippen LogP contribution in [0.2, 0.25) is 0 Å². The number of hydrogen-bond donors (Lipinski definition) is 2. The van der Waals surface area contributed by atoms with Crippen molar-refractivity contribution in [2.75, 3.05) is 6.54 Å². The van der Waals surface area contributed by atoms with Crippen molar-refractivity contribution < 1.29 is 9.90 Å². The van der Waals surface area contributed by atoms with Crippen LogP contribution in [0.4, 0.5) is 0 Å². The Kier molecular flexibility index (Phi) is 4.93. The van der Waals surface area contributed by atoms with Gasteiger partial charge in [-0.15, -0.1) is 0 Å². The number of aliphatic hydroxyl groups excluding tert-OH is 1. The van der Waals surface area contributed by atoms with E-state index in [9.17, 15) is 15.2 Å². The summed E-state index contributed by atoms with van der Waals surface area (Å²) in [5.41, 5.74) is 2.60. The Morgan fingerprint density at radius 3 is 2.54 bits per heavy atom. The molecule has 1 saturated carbocycles. The van der Waals surface area contributed by atoms with Gasteiger partial charge in [-0.25, -0.2) is 0 Å². The largest absolute Gasteiger partial charge is 0.393 e. The van der Waals surface area contributed by atoms with Gasteiger partial charge in [-0.1, -0.05) is 42.8 Å². The number of carbonyl (C=O) groups is 1. The lowest BCUT2D eigenvalue weighted by molar-refractivity contribution is 0.0917. The maximum Gasteiger partial charge on any atom is 0.251 e. The summed E-state index contributed by atoms with van der Waals surface area (Å²) in [6, 6.07) is 16.8. The summed E-state index contributed by atoms with van der Waals surface area (Å²) in [6.45, 7) is 0.480. The van der Waals surface area contributed by atoms with E-state index in [4.69, 9.17) is 0 Å². The van der Waals surface area contributed by atoms with Gasteiger partial charge in [0.05, 0.1) is 17.7 Å². The van der Waals surface area contributed by atoms with Crippen LogP contribution in [0.3, 0.4) is 0 Å². The third-order valence-corrected chi connectivity index (χ3v) is 4.65.